The molecule has 0 bridgehead atoms. The van der Waals surface area contributed by atoms with Gasteiger partial charge in [-0.25, -0.2) is 31.6 Å². The highest BCUT2D eigenvalue weighted by atomic mass is 32.2. The molecule has 3 aliphatic heterocycles. The number of hydrogen-bond donors (Lipinski definition) is 2. The molecule has 2 N–H and O–H groups in total. The summed E-state index contributed by atoms with van der Waals surface area (Å²) in [5.74, 6) is -1.87. The number of rotatable bonds is 12. The van der Waals surface area contributed by atoms with E-state index >= 15 is 0 Å². The van der Waals surface area contributed by atoms with E-state index in [-0.39, 0.29) is 52.3 Å². The second-order valence-corrected chi connectivity index (χ2v) is 25.3. The van der Waals surface area contributed by atoms with Crippen LogP contribution < -0.4 is 10.6 Å². The normalized spacial score (nSPS) is 18.8. The standard InChI is InChI=1S/C20H19N5O7S3.C20H20N4O7S3/c1-35(29,30)15(17-24-23-14(32-17)9-13-16(26)22-20(28)34-13)18-21-11-3-2-10(8-12(11)33-18)19(27)25-4-6-31-7-5-25;1-20(2,3)31-18(26)9-5-6-10-11(7-9)32-17(21-10)14(34(4,28)29)16-24-23-13(30-16)8-12-15(25)22-19(27)33-12/h2-3,8,13,15H,4-7,9H2,1H3,(H,22,26,28);5-7,12,14H,8H2,1-4H3,(H,22,25,27). The third kappa shape index (κ3) is 11.7. The van der Waals surface area contributed by atoms with Gasteiger partial charge in [-0.2, -0.15) is 0 Å². The predicted molar refractivity (Wildman–Crippen MR) is 250 cm³/mol. The molecular weight excluding hydrogens is 1020 g/mol. The second kappa shape index (κ2) is 19.6. The average Bonchev–Trinajstić information content (AvgIpc) is 4.13. The molecule has 0 spiro atoms. The van der Waals surface area contributed by atoms with Gasteiger partial charge in [0.25, 0.3) is 16.4 Å². The van der Waals surface area contributed by atoms with Crippen LogP contribution >= 0.6 is 46.2 Å². The summed E-state index contributed by atoms with van der Waals surface area (Å²) < 4.78 is 73.8. The van der Waals surface area contributed by atoms with Crippen molar-refractivity contribution in [2.24, 2.45) is 0 Å². The number of thiazole rings is 2. The van der Waals surface area contributed by atoms with Gasteiger partial charge in [0, 0.05) is 44.0 Å². The van der Waals surface area contributed by atoms with Gasteiger partial charge in [-0.3, -0.25) is 34.6 Å². The Hall–Kier alpha value is -5.72. The number of benzene rings is 2. The van der Waals surface area contributed by atoms with Crippen molar-refractivity contribution >= 4 is 120 Å². The molecule has 0 saturated carbocycles. The van der Waals surface area contributed by atoms with Crippen LogP contribution in [0, 0.1) is 0 Å². The summed E-state index contributed by atoms with van der Waals surface area (Å²) >= 11 is 3.82. The molecule has 3 aliphatic rings. The van der Waals surface area contributed by atoms with Gasteiger partial charge >= 0.3 is 5.97 Å². The molecule has 9 rings (SSSR count). The molecule has 0 aliphatic carbocycles. The minimum absolute atomic E-state index is 0.0153. The number of amides is 5. The molecule has 4 atom stereocenters. The quantitative estimate of drug-likeness (QED) is 0.164. The van der Waals surface area contributed by atoms with Crippen molar-refractivity contribution in [2.75, 3.05) is 38.8 Å². The Kier molecular flexibility index (Phi) is 14.1. The molecule has 29 heteroatoms. The fourth-order valence-corrected chi connectivity index (χ4v) is 13.6. The predicted octanol–water partition coefficient (Wildman–Crippen LogP) is 3.84. The highest BCUT2D eigenvalue weighted by Gasteiger charge is 2.39. The van der Waals surface area contributed by atoms with Crippen molar-refractivity contribution < 1.29 is 63.9 Å². The van der Waals surface area contributed by atoms with Crippen molar-refractivity contribution in [1.29, 1.82) is 0 Å². The molecule has 23 nitrogen and oxygen atoms in total. The monoisotopic (exact) mass is 1060 g/mol. The fourth-order valence-electron chi connectivity index (χ4n) is 6.88. The van der Waals surface area contributed by atoms with E-state index in [2.05, 4.69) is 41.0 Å². The van der Waals surface area contributed by atoms with E-state index < -0.39 is 74.5 Å². The first kappa shape index (κ1) is 49.7. The molecule has 0 radical (unpaired) electrons. The summed E-state index contributed by atoms with van der Waals surface area (Å²) in [6.07, 6.45) is 2.03. The Balaban J connectivity index is 0.000000186. The molecule has 364 valence electrons. The summed E-state index contributed by atoms with van der Waals surface area (Å²) in [6, 6.07) is 9.80. The Labute approximate surface area is 408 Å². The van der Waals surface area contributed by atoms with Crippen LogP contribution in [0.2, 0.25) is 0 Å². The highest BCUT2D eigenvalue weighted by Crippen LogP contribution is 2.38. The highest BCUT2D eigenvalue weighted by molar-refractivity contribution is 8.15. The second-order valence-electron chi connectivity index (χ2n) is 16.5. The number of thioether (sulfide) groups is 2. The van der Waals surface area contributed by atoms with Gasteiger partial charge in [0.15, 0.2) is 30.2 Å². The van der Waals surface area contributed by atoms with Gasteiger partial charge in [-0.1, -0.05) is 23.5 Å². The number of carbonyl (C=O) groups is 6. The first-order valence-electron chi connectivity index (χ1n) is 20.5. The summed E-state index contributed by atoms with van der Waals surface area (Å²) in [7, 11) is -7.55. The number of aromatic nitrogens is 6. The number of esters is 1. The molecule has 6 aromatic rings. The zero-order valence-corrected chi connectivity index (χ0v) is 41.7. The number of ether oxygens (including phenoxy) is 2. The summed E-state index contributed by atoms with van der Waals surface area (Å²) in [5.41, 5.74) is 1.17. The number of imide groups is 2. The minimum atomic E-state index is -3.78. The number of nitrogens with one attached hydrogen (secondary N) is 2. The van der Waals surface area contributed by atoms with Gasteiger partial charge in [-0.05, 0) is 57.2 Å². The molecule has 69 heavy (non-hydrogen) atoms. The Bertz CT molecular complexity index is 3260. The number of nitrogens with zero attached hydrogens (tertiary/aromatic N) is 7. The summed E-state index contributed by atoms with van der Waals surface area (Å²) in [6.45, 7) is 7.28. The number of morpholine rings is 1. The molecule has 3 saturated heterocycles. The van der Waals surface area contributed by atoms with Crippen molar-refractivity contribution in [3.8, 4) is 0 Å². The smallest absolute Gasteiger partial charge is 0.338 e. The van der Waals surface area contributed by atoms with Crippen molar-refractivity contribution in [1.82, 2.24) is 45.9 Å². The third-order valence-electron chi connectivity index (χ3n) is 9.96. The maximum absolute atomic E-state index is 12.8. The minimum Gasteiger partial charge on any atom is -0.456 e. The van der Waals surface area contributed by atoms with Crippen LogP contribution in [0.3, 0.4) is 0 Å². The first-order chi connectivity index (χ1) is 32.5. The van der Waals surface area contributed by atoms with Crippen LogP contribution in [0.15, 0.2) is 45.2 Å². The number of fused-ring (bicyclic) bond motifs is 2. The topological polar surface area (TPSA) is 320 Å². The van der Waals surface area contributed by atoms with E-state index in [4.69, 9.17) is 18.3 Å². The largest absolute Gasteiger partial charge is 0.456 e. The van der Waals surface area contributed by atoms with E-state index in [9.17, 15) is 45.6 Å². The molecule has 5 amide bonds. The van der Waals surface area contributed by atoms with Crippen LogP contribution in [-0.4, -0.2) is 141 Å². The van der Waals surface area contributed by atoms with Gasteiger partial charge in [0.1, 0.15) is 26.1 Å². The van der Waals surface area contributed by atoms with Crippen molar-refractivity contribution in [3.05, 3.63) is 81.1 Å². The van der Waals surface area contributed by atoms with E-state index in [0.717, 1.165) is 58.7 Å². The molecule has 4 aromatic heterocycles. The van der Waals surface area contributed by atoms with Crippen LogP contribution in [-0.2, 0) is 51.6 Å². The molecule has 4 unspecified atom stereocenters. The van der Waals surface area contributed by atoms with Crippen LogP contribution in [0.5, 0.6) is 0 Å². The molecule has 2 aromatic carbocycles. The maximum atomic E-state index is 12.8. The average molecular weight is 1060 g/mol. The summed E-state index contributed by atoms with van der Waals surface area (Å²) in [4.78, 5) is 82.1. The van der Waals surface area contributed by atoms with Gasteiger partial charge < -0.3 is 23.2 Å². The Morgan fingerprint density at radius 2 is 1.17 bits per heavy atom. The zero-order chi connectivity index (χ0) is 49.6. The van der Waals surface area contributed by atoms with E-state index in [1.54, 1.807) is 62.1 Å². The summed E-state index contributed by atoms with van der Waals surface area (Å²) in [5, 5.41) is 15.2. The lowest BCUT2D eigenvalue weighted by Gasteiger charge is -2.26. The molecule has 3 fully saturated rings. The van der Waals surface area contributed by atoms with E-state index in [0.29, 0.717) is 57.9 Å². The van der Waals surface area contributed by atoms with Gasteiger partial charge in [-0.15, -0.1) is 43.1 Å². The molecule has 7 heterocycles. The Morgan fingerprint density at radius 1 is 0.725 bits per heavy atom. The Morgan fingerprint density at radius 3 is 1.59 bits per heavy atom. The number of sulfone groups is 2. The fraction of sp³-hybridized carbons (Fsp3) is 0.400. The SMILES string of the molecule is CC(C)(C)OC(=O)c1ccc2nc(C(c3nnc(CC4SC(=O)NC4=O)o3)S(C)(=O)=O)sc2c1.CS(=O)(=O)C(c1nnc(CC2SC(=O)NC2=O)o1)c1nc2ccc(C(=O)N3CCOCC3)cc2s1. The van der Waals surface area contributed by atoms with Crippen LogP contribution in [0.25, 0.3) is 20.4 Å². The van der Waals surface area contributed by atoms with Crippen molar-refractivity contribution in [2.45, 2.75) is 60.2 Å². The lowest BCUT2D eigenvalue weighted by molar-refractivity contribution is -0.119. The van der Waals surface area contributed by atoms with Gasteiger partial charge in [0.2, 0.25) is 35.4 Å². The van der Waals surface area contributed by atoms with Crippen LogP contribution in [0.4, 0.5) is 9.59 Å². The van der Waals surface area contributed by atoms with E-state index in [1.807, 2.05) is 0 Å². The van der Waals surface area contributed by atoms with Crippen LogP contribution in [0.1, 0.15) is 85.6 Å². The lowest BCUT2D eigenvalue weighted by atomic mass is 10.1. The number of carbonyl (C=O) groups excluding carboxylic acids is 6. The molecular formula is C40H39N9O14S6. The maximum Gasteiger partial charge on any atom is 0.338 e. The lowest BCUT2D eigenvalue weighted by Crippen LogP contribution is -2.40. The number of hydrogen-bond acceptors (Lipinski definition) is 24. The zero-order valence-electron chi connectivity index (χ0n) is 36.8. The van der Waals surface area contributed by atoms with Crippen molar-refractivity contribution in [3.63, 3.8) is 0 Å². The third-order valence-corrected chi connectivity index (χ3v) is 17.0. The van der Waals surface area contributed by atoms with E-state index in [1.165, 1.54) is 0 Å². The first-order valence-corrected chi connectivity index (χ1v) is 27.8. The van der Waals surface area contributed by atoms with Gasteiger partial charge in [0.05, 0.1) is 39.2 Å².